The van der Waals surface area contributed by atoms with Gasteiger partial charge in [-0.3, -0.25) is 0 Å². The van der Waals surface area contributed by atoms with Gasteiger partial charge < -0.3 is 35.7 Å². The van der Waals surface area contributed by atoms with Gasteiger partial charge in [0.25, 0.3) is 0 Å². The Morgan fingerprint density at radius 1 is 0.938 bits per heavy atom. The van der Waals surface area contributed by atoms with E-state index in [4.69, 9.17) is 35.7 Å². The van der Waals surface area contributed by atoms with Crippen LogP contribution in [0.5, 0.6) is 0 Å². The fourth-order valence-electron chi connectivity index (χ4n) is 0.870. The third-order valence-electron chi connectivity index (χ3n) is 1.86. The number of aliphatic hydroxyl groups excluding tert-OH is 6. The third kappa shape index (κ3) is 5.04. The second-order valence-electron chi connectivity index (χ2n) is 3.00. The minimum Gasteiger partial charge on any atom is -0.479 e. The van der Waals surface area contributed by atoms with Crippen molar-refractivity contribution in [2.45, 2.75) is 30.5 Å². The Kier molecular flexibility index (Phi) is 9.69. The van der Waals surface area contributed by atoms with Crippen LogP contribution in [0.1, 0.15) is 0 Å². The first-order chi connectivity index (χ1) is 6.82. The van der Waals surface area contributed by atoms with Crippen LogP contribution in [-0.4, -0.2) is 108 Å². The molecule has 0 unspecified atom stereocenters. The van der Waals surface area contributed by atoms with Crippen LogP contribution in [-0.2, 0) is 4.79 Å². The van der Waals surface area contributed by atoms with Crippen LogP contribution in [0.2, 0.25) is 0 Å². The predicted octanol–water partition coefficient (Wildman–Crippen LogP) is -4.51. The quantitative estimate of drug-likeness (QED) is 0.232. The summed E-state index contributed by atoms with van der Waals surface area (Å²) in [6.45, 7) is -0.881. The van der Waals surface area contributed by atoms with Crippen molar-refractivity contribution >= 4 is 35.5 Å². The third-order valence-corrected chi connectivity index (χ3v) is 1.86. The second kappa shape index (κ2) is 8.34. The van der Waals surface area contributed by atoms with E-state index in [1.807, 2.05) is 0 Å². The molecule has 0 aliphatic carbocycles. The van der Waals surface area contributed by atoms with Crippen molar-refractivity contribution in [2.24, 2.45) is 0 Å². The molecule has 5 atom stereocenters. The molecule has 0 aromatic carbocycles. The molecule has 7 N–H and O–H groups in total. The van der Waals surface area contributed by atoms with Gasteiger partial charge in [0.05, 0.1) is 6.61 Å². The maximum Gasteiger partial charge on any atom is 0.335 e. The normalized spacial score (nSPS) is 20.1. The van der Waals surface area contributed by atoms with E-state index >= 15 is 0 Å². The summed E-state index contributed by atoms with van der Waals surface area (Å²) in [5.74, 6) is -1.78. The van der Waals surface area contributed by atoms with Crippen molar-refractivity contribution in [3.8, 4) is 0 Å². The van der Waals surface area contributed by atoms with Crippen molar-refractivity contribution < 1.29 is 40.5 Å². The monoisotopic (exact) mass is 249 g/mol. The summed E-state index contributed by atoms with van der Waals surface area (Å²) >= 11 is 0. The molecule has 0 saturated carbocycles. The summed E-state index contributed by atoms with van der Waals surface area (Å²) in [7, 11) is 0. The van der Waals surface area contributed by atoms with E-state index in [1.54, 1.807) is 0 Å². The molecule has 0 spiro atoms. The molecule has 9 heteroatoms. The molecular weight excluding hydrogens is 235 g/mol. The molecule has 91 valence electrons. The van der Waals surface area contributed by atoms with Crippen LogP contribution in [0.4, 0.5) is 0 Å². The van der Waals surface area contributed by atoms with Crippen LogP contribution >= 0.6 is 0 Å². The maximum absolute atomic E-state index is 10.2. The minimum atomic E-state index is -2.29. The number of rotatable bonds is 6. The van der Waals surface area contributed by atoms with Crippen molar-refractivity contribution in [3.05, 3.63) is 0 Å². The molecule has 0 fully saturated rings. The fourth-order valence-corrected chi connectivity index (χ4v) is 0.870. The molecule has 0 bridgehead atoms. The number of hydrogen-bond donors (Lipinski definition) is 7. The summed E-state index contributed by atoms with van der Waals surface area (Å²) in [6.07, 6.45) is -10.2. The average molecular weight is 249 g/mol. The predicted molar refractivity (Wildman–Crippen MR) is 50.5 cm³/mol. The fraction of sp³-hybridized carbons (Fsp3) is 0.857. The molecule has 0 aliphatic rings. The second-order valence-corrected chi connectivity index (χ2v) is 3.00. The van der Waals surface area contributed by atoms with Crippen molar-refractivity contribution in [1.82, 2.24) is 0 Å². The number of carboxylic acids is 1. The molecule has 0 aliphatic heterocycles. The van der Waals surface area contributed by atoms with E-state index in [1.165, 1.54) is 0 Å². The molecular formula is C7H14NaO8. The Hall–Kier alpha value is 0.230. The zero-order chi connectivity index (χ0) is 12.2. The zero-order valence-electron chi connectivity index (χ0n) is 8.63. The average Bonchev–Trinajstić information content (AvgIpc) is 2.23. The van der Waals surface area contributed by atoms with Gasteiger partial charge >= 0.3 is 5.97 Å². The first-order valence-electron chi connectivity index (χ1n) is 4.07. The topological polar surface area (TPSA) is 159 Å². The summed E-state index contributed by atoms with van der Waals surface area (Å²) in [5.41, 5.74) is 0. The standard InChI is InChI=1S/C7H14O8.Na/c8-1-2(9)3(10)4(11)5(12)6(13)7(14)15;/h2-6,8-13H,1H2,(H,14,15);/t2-,3-,4+,5-,6-;/m1./s1. The van der Waals surface area contributed by atoms with Gasteiger partial charge in [-0.25, -0.2) is 4.79 Å². The molecule has 0 aromatic rings. The van der Waals surface area contributed by atoms with Crippen LogP contribution in [0.15, 0.2) is 0 Å². The molecule has 16 heavy (non-hydrogen) atoms. The van der Waals surface area contributed by atoms with Crippen molar-refractivity contribution in [3.63, 3.8) is 0 Å². The van der Waals surface area contributed by atoms with Gasteiger partial charge in [0.1, 0.15) is 24.4 Å². The molecule has 0 saturated heterocycles. The van der Waals surface area contributed by atoms with Crippen LogP contribution in [0.25, 0.3) is 0 Å². The van der Waals surface area contributed by atoms with E-state index in [-0.39, 0.29) is 29.6 Å². The van der Waals surface area contributed by atoms with Gasteiger partial charge in [-0.2, -0.15) is 0 Å². The Morgan fingerprint density at radius 3 is 1.69 bits per heavy atom. The van der Waals surface area contributed by atoms with Gasteiger partial charge in [0.2, 0.25) is 0 Å². The van der Waals surface area contributed by atoms with Crippen molar-refractivity contribution in [1.29, 1.82) is 0 Å². The van der Waals surface area contributed by atoms with E-state index in [2.05, 4.69) is 0 Å². The zero-order valence-corrected chi connectivity index (χ0v) is 10.6. The van der Waals surface area contributed by atoms with Crippen LogP contribution in [0, 0.1) is 0 Å². The Bertz CT molecular complexity index is 213. The first-order valence-corrected chi connectivity index (χ1v) is 4.07. The molecule has 0 heterocycles. The number of carboxylic acid groups (broad SMARTS) is 1. The SMILES string of the molecule is O=C(O)[C@H](O)[C@H](O)[C@@H](O)[C@H](O)[C@H](O)CO.[Na]. The molecule has 0 amide bonds. The Balaban J connectivity index is 0. The minimum absolute atomic E-state index is 0. The van der Waals surface area contributed by atoms with E-state index in [9.17, 15) is 4.79 Å². The van der Waals surface area contributed by atoms with Crippen LogP contribution in [0.3, 0.4) is 0 Å². The number of hydrogen-bond acceptors (Lipinski definition) is 7. The van der Waals surface area contributed by atoms with Crippen LogP contribution < -0.4 is 0 Å². The van der Waals surface area contributed by atoms with Gasteiger partial charge in [-0.15, -0.1) is 0 Å². The Morgan fingerprint density at radius 2 is 1.38 bits per heavy atom. The Labute approximate surface area is 113 Å². The van der Waals surface area contributed by atoms with E-state index in [0.717, 1.165) is 0 Å². The smallest absolute Gasteiger partial charge is 0.335 e. The van der Waals surface area contributed by atoms with Crippen molar-refractivity contribution in [2.75, 3.05) is 6.61 Å². The van der Waals surface area contributed by atoms with E-state index in [0.29, 0.717) is 0 Å². The van der Waals surface area contributed by atoms with Gasteiger partial charge in [-0.1, -0.05) is 0 Å². The first kappa shape index (κ1) is 18.6. The molecule has 1 radical (unpaired) electrons. The number of carbonyl (C=O) groups is 1. The van der Waals surface area contributed by atoms with Gasteiger partial charge in [0.15, 0.2) is 6.10 Å². The summed E-state index contributed by atoms with van der Waals surface area (Å²) < 4.78 is 0. The number of aliphatic hydroxyl groups is 6. The summed E-state index contributed by atoms with van der Waals surface area (Å²) in [4.78, 5) is 10.2. The largest absolute Gasteiger partial charge is 0.479 e. The van der Waals surface area contributed by atoms with Gasteiger partial charge in [-0.05, 0) is 0 Å². The molecule has 8 nitrogen and oxygen atoms in total. The van der Waals surface area contributed by atoms with E-state index < -0.39 is 43.1 Å². The summed E-state index contributed by atoms with van der Waals surface area (Å²) in [5, 5.41) is 61.5. The maximum atomic E-state index is 10.2. The molecule has 0 rings (SSSR count). The summed E-state index contributed by atoms with van der Waals surface area (Å²) in [6, 6.07) is 0. The van der Waals surface area contributed by atoms with Gasteiger partial charge in [0, 0.05) is 29.6 Å². The number of aliphatic carboxylic acids is 1. The molecule has 0 aromatic heterocycles.